The molecular weight excluding hydrogens is 290 g/mol. The van der Waals surface area contributed by atoms with Gasteiger partial charge < -0.3 is 15.5 Å². The van der Waals surface area contributed by atoms with Gasteiger partial charge >= 0.3 is 5.97 Å². The Morgan fingerprint density at radius 2 is 2.29 bits per heavy atom. The number of amides is 1. The highest BCUT2D eigenvalue weighted by Gasteiger charge is 2.32. The van der Waals surface area contributed by atoms with Crippen molar-refractivity contribution in [2.75, 3.05) is 0 Å². The van der Waals surface area contributed by atoms with Gasteiger partial charge in [-0.1, -0.05) is 22.0 Å². The van der Waals surface area contributed by atoms with Crippen LogP contribution in [0.1, 0.15) is 19.8 Å². The first-order valence-electron chi connectivity index (χ1n) is 5.09. The maximum absolute atomic E-state index is 11.0. The Hall–Kier alpha value is -1.30. The van der Waals surface area contributed by atoms with Crippen LogP contribution in [0.25, 0.3) is 0 Å². The predicted molar refractivity (Wildman–Crippen MR) is 66.0 cm³/mol. The molecule has 94 valence electrons. The minimum absolute atomic E-state index is 0.159. The number of carboxylic acid groups (broad SMARTS) is 1. The molecule has 0 saturated heterocycles. The van der Waals surface area contributed by atoms with E-state index in [2.05, 4.69) is 21.2 Å². The first kappa shape index (κ1) is 13.8. The Balaban J connectivity index is 2.71. The number of carboxylic acids is 1. The van der Waals surface area contributed by atoms with Crippen LogP contribution < -0.4 is 5.32 Å². The number of rotatable bonds is 4. The largest absolute Gasteiger partial charge is 0.508 e. The lowest BCUT2D eigenvalue weighted by Gasteiger charge is -2.28. The van der Waals surface area contributed by atoms with Crippen LogP contribution in [0, 0.1) is 0 Å². The van der Waals surface area contributed by atoms with Crippen molar-refractivity contribution in [3.63, 3.8) is 0 Å². The van der Waals surface area contributed by atoms with Gasteiger partial charge in [-0.25, -0.2) is 4.79 Å². The van der Waals surface area contributed by atoms with E-state index >= 15 is 0 Å². The normalized spacial score (nSPS) is 24.9. The van der Waals surface area contributed by atoms with Gasteiger partial charge in [-0.3, -0.25) is 4.79 Å². The third-order valence-electron chi connectivity index (χ3n) is 2.42. The average molecular weight is 304 g/mol. The molecule has 0 saturated carbocycles. The predicted octanol–water partition coefficient (Wildman–Crippen LogP) is 1.50. The number of hydrogen-bond acceptors (Lipinski definition) is 3. The second-order valence-electron chi connectivity index (χ2n) is 4.00. The third kappa shape index (κ3) is 4.22. The summed E-state index contributed by atoms with van der Waals surface area (Å²) in [5, 5.41) is 20.6. The van der Waals surface area contributed by atoms with E-state index in [0.717, 1.165) is 0 Å². The van der Waals surface area contributed by atoms with E-state index in [4.69, 9.17) is 5.11 Å². The summed E-state index contributed by atoms with van der Waals surface area (Å²) >= 11 is 3.43. The third-order valence-corrected chi connectivity index (χ3v) is 3.33. The maximum atomic E-state index is 11.0. The molecule has 17 heavy (non-hydrogen) atoms. The fourth-order valence-electron chi connectivity index (χ4n) is 1.58. The number of allylic oxidation sites excluding steroid dienone is 3. The highest BCUT2D eigenvalue weighted by atomic mass is 79.9. The molecule has 0 aromatic rings. The summed E-state index contributed by atoms with van der Waals surface area (Å²) < 4.78 is -0.551. The van der Waals surface area contributed by atoms with Crippen molar-refractivity contribution < 1.29 is 19.8 Å². The molecule has 1 aliphatic rings. The zero-order valence-electron chi connectivity index (χ0n) is 9.31. The van der Waals surface area contributed by atoms with Crippen molar-refractivity contribution in [2.24, 2.45) is 0 Å². The van der Waals surface area contributed by atoms with E-state index in [1.54, 1.807) is 12.2 Å². The van der Waals surface area contributed by atoms with E-state index in [9.17, 15) is 14.7 Å². The molecular formula is C11H14BrNO4. The van der Waals surface area contributed by atoms with Crippen LogP contribution >= 0.6 is 15.9 Å². The molecule has 6 heteroatoms. The summed E-state index contributed by atoms with van der Waals surface area (Å²) in [5.74, 6) is -1.30. The van der Waals surface area contributed by atoms with Crippen molar-refractivity contribution in [3.05, 3.63) is 24.0 Å². The van der Waals surface area contributed by atoms with Crippen molar-refractivity contribution >= 4 is 27.8 Å². The van der Waals surface area contributed by atoms with Crippen LogP contribution in [-0.4, -0.2) is 32.5 Å². The fourth-order valence-corrected chi connectivity index (χ4v) is 2.20. The minimum Gasteiger partial charge on any atom is -0.508 e. The van der Waals surface area contributed by atoms with E-state index < -0.39 is 16.3 Å². The molecule has 0 aromatic heterocycles. The number of aliphatic carboxylic acids is 1. The molecule has 1 amide bonds. The van der Waals surface area contributed by atoms with E-state index in [1.165, 1.54) is 13.0 Å². The quantitative estimate of drug-likeness (QED) is 0.687. The second-order valence-corrected chi connectivity index (χ2v) is 5.58. The molecule has 0 radical (unpaired) electrons. The van der Waals surface area contributed by atoms with Gasteiger partial charge in [0.05, 0.1) is 4.32 Å². The van der Waals surface area contributed by atoms with Gasteiger partial charge in [0.25, 0.3) is 0 Å². The lowest BCUT2D eigenvalue weighted by molar-refractivity contribution is -0.141. The zero-order valence-corrected chi connectivity index (χ0v) is 10.9. The maximum Gasteiger partial charge on any atom is 0.326 e. The second kappa shape index (κ2) is 5.35. The smallest absolute Gasteiger partial charge is 0.326 e. The Kier molecular flexibility index (Phi) is 4.34. The molecule has 0 spiro atoms. The molecule has 0 bridgehead atoms. The summed E-state index contributed by atoms with van der Waals surface area (Å²) in [5.41, 5.74) is 0. The number of halogens is 1. The molecule has 0 heterocycles. The Labute approximate surface area is 107 Å². The SMILES string of the molecule is CC(=O)N[C@@H](CC1(Br)C=CC(O)=CC1)C(=O)O. The molecule has 1 aliphatic carbocycles. The highest BCUT2D eigenvalue weighted by Crippen LogP contribution is 2.34. The van der Waals surface area contributed by atoms with E-state index in [-0.39, 0.29) is 18.1 Å². The van der Waals surface area contributed by atoms with Crippen LogP contribution in [0.15, 0.2) is 24.0 Å². The molecule has 0 aliphatic heterocycles. The standard InChI is InChI=1S/C11H14BrNO4/c1-7(14)13-9(10(16)17)6-11(12)4-2-8(15)3-5-11/h2-4,9,15H,5-6H2,1H3,(H,13,14)(H,16,17)/t9-,11?/m0/s1. The Morgan fingerprint density at radius 3 is 2.71 bits per heavy atom. The van der Waals surface area contributed by atoms with E-state index in [1.807, 2.05) is 0 Å². The number of carbonyl (C=O) groups is 2. The lowest BCUT2D eigenvalue weighted by Crippen LogP contribution is -2.43. The summed E-state index contributed by atoms with van der Waals surface area (Å²) in [6.07, 6.45) is 5.48. The molecule has 2 atom stereocenters. The summed E-state index contributed by atoms with van der Waals surface area (Å²) in [6, 6.07) is -0.954. The van der Waals surface area contributed by atoms with Gasteiger partial charge in [-0.2, -0.15) is 0 Å². The highest BCUT2D eigenvalue weighted by molar-refractivity contribution is 9.10. The van der Waals surface area contributed by atoms with Crippen molar-refractivity contribution in [1.82, 2.24) is 5.32 Å². The monoisotopic (exact) mass is 303 g/mol. The molecule has 0 fully saturated rings. The van der Waals surface area contributed by atoms with Crippen LogP contribution in [0.4, 0.5) is 0 Å². The molecule has 5 nitrogen and oxygen atoms in total. The van der Waals surface area contributed by atoms with Gasteiger partial charge in [0.2, 0.25) is 5.91 Å². The molecule has 1 unspecified atom stereocenters. The first-order chi connectivity index (χ1) is 7.82. The average Bonchev–Trinajstić information content (AvgIpc) is 2.21. The fraction of sp³-hybridized carbons (Fsp3) is 0.455. The van der Waals surface area contributed by atoms with Crippen LogP contribution in [-0.2, 0) is 9.59 Å². The van der Waals surface area contributed by atoms with Gasteiger partial charge in [0.15, 0.2) is 0 Å². The van der Waals surface area contributed by atoms with Gasteiger partial charge in [0, 0.05) is 6.92 Å². The minimum atomic E-state index is -1.08. The first-order valence-corrected chi connectivity index (χ1v) is 5.89. The molecule has 0 aromatic carbocycles. The van der Waals surface area contributed by atoms with Gasteiger partial charge in [-0.05, 0) is 25.0 Å². The molecule has 3 N–H and O–H groups in total. The zero-order chi connectivity index (χ0) is 13.1. The number of alkyl halides is 1. The van der Waals surface area contributed by atoms with Crippen molar-refractivity contribution in [1.29, 1.82) is 0 Å². The lowest BCUT2D eigenvalue weighted by atomic mass is 9.92. The van der Waals surface area contributed by atoms with Gasteiger partial charge in [0.1, 0.15) is 11.8 Å². The Bertz CT molecular complexity index is 391. The number of hydrogen-bond donors (Lipinski definition) is 3. The molecule has 1 rings (SSSR count). The topological polar surface area (TPSA) is 86.6 Å². The van der Waals surface area contributed by atoms with Crippen molar-refractivity contribution in [2.45, 2.75) is 30.1 Å². The Morgan fingerprint density at radius 1 is 1.65 bits per heavy atom. The summed E-state index contributed by atoms with van der Waals surface area (Å²) in [4.78, 5) is 21.9. The van der Waals surface area contributed by atoms with Crippen LogP contribution in [0.3, 0.4) is 0 Å². The number of aliphatic hydroxyl groups excluding tert-OH is 1. The summed E-state index contributed by atoms with van der Waals surface area (Å²) in [6.45, 7) is 1.28. The van der Waals surface area contributed by atoms with E-state index in [0.29, 0.717) is 6.42 Å². The number of carbonyl (C=O) groups excluding carboxylic acids is 1. The summed E-state index contributed by atoms with van der Waals surface area (Å²) in [7, 11) is 0. The van der Waals surface area contributed by atoms with Crippen LogP contribution in [0.2, 0.25) is 0 Å². The van der Waals surface area contributed by atoms with Gasteiger partial charge in [-0.15, -0.1) is 0 Å². The number of aliphatic hydroxyl groups is 1. The van der Waals surface area contributed by atoms with Crippen LogP contribution in [0.5, 0.6) is 0 Å². The van der Waals surface area contributed by atoms with Crippen molar-refractivity contribution in [3.8, 4) is 0 Å². The number of nitrogens with one attached hydrogen (secondary N) is 1.